The van der Waals surface area contributed by atoms with E-state index in [0.717, 1.165) is 19.3 Å². The van der Waals surface area contributed by atoms with Gasteiger partial charge >= 0.3 is 5.97 Å². The van der Waals surface area contributed by atoms with Gasteiger partial charge < -0.3 is 20.5 Å². The van der Waals surface area contributed by atoms with Crippen LogP contribution < -0.4 is 11.1 Å². The number of nitrogens with one attached hydrogen (secondary N) is 1. The lowest BCUT2D eigenvalue weighted by Gasteiger charge is -2.33. The highest BCUT2D eigenvalue weighted by atomic mass is 16.5. The number of carbonyl (C=O) groups excluding carboxylic acids is 2. The van der Waals surface area contributed by atoms with Gasteiger partial charge in [0.25, 0.3) is 0 Å². The van der Waals surface area contributed by atoms with Gasteiger partial charge in [0.15, 0.2) is 0 Å². The first kappa shape index (κ1) is 16.9. The largest absolute Gasteiger partial charge is 0.469 e. The third kappa shape index (κ3) is 5.09. The molecule has 0 aromatic rings. The average molecular weight is 286 g/mol. The molecular formula is C14H26N2O4. The van der Waals surface area contributed by atoms with Crippen LogP contribution >= 0.6 is 0 Å². The van der Waals surface area contributed by atoms with Crippen LogP contribution in [0, 0.1) is 5.92 Å². The average Bonchev–Trinajstić information content (AvgIpc) is 2.38. The summed E-state index contributed by atoms with van der Waals surface area (Å²) >= 11 is 0. The predicted molar refractivity (Wildman–Crippen MR) is 75.0 cm³/mol. The maximum absolute atomic E-state index is 12.3. The van der Waals surface area contributed by atoms with Gasteiger partial charge in [-0.2, -0.15) is 0 Å². The van der Waals surface area contributed by atoms with E-state index in [4.69, 9.17) is 10.5 Å². The molecule has 6 nitrogen and oxygen atoms in total. The number of ether oxygens (including phenoxy) is 2. The molecule has 116 valence electrons. The van der Waals surface area contributed by atoms with Gasteiger partial charge in [0.2, 0.25) is 5.91 Å². The van der Waals surface area contributed by atoms with Crippen LogP contribution in [0.2, 0.25) is 0 Å². The van der Waals surface area contributed by atoms with Gasteiger partial charge in [0, 0.05) is 19.1 Å². The summed E-state index contributed by atoms with van der Waals surface area (Å²) in [5, 5.41) is 2.93. The molecule has 3 unspecified atom stereocenters. The normalized spacial score (nSPS) is 25.6. The van der Waals surface area contributed by atoms with E-state index in [2.05, 4.69) is 10.1 Å². The van der Waals surface area contributed by atoms with E-state index in [0.29, 0.717) is 6.42 Å². The van der Waals surface area contributed by atoms with Gasteiger partial charge in [-0.3, -0.25) is 9.59 Å². The van der Waals surface area contributed by atoms with Crippen LogP contribution in [0.15, 0.2) is 0 Å². The fourth-order valence-corrected chi connectivity index (χ4v) is 2.71. The number of hydrogen-bond acceptors (Lipinski definition) is 5. The number of rotatable bonds is 6. The molecular weight excluding hydrogens is 260 g/mol. The lowest BCUT2D eigenvalue weighted by molar-refractivity contribution is -0.143. The van der Waals surface area contributed by atoms with Crippen molar-refractivity contribution in [1.82, 2.24) is 5.32 Å². The maximum atomic E-state index is 12.3. The Morgan fingerprint density at radius 1 is 1.35 bits per heavy atom. The molecule has 0 bridgehead atoms. The smallest absolute Gasteiger partial charge is 0.307 e. The molecule has 1 aliphatic carbocycles. The van der Waals surface area contributed by atoms with E-state index in [1.807, 2.05) is 0 Å². The van der Waals surface area contributed by atoms with Crippen molar-refractivity contribution in [2.75, 3.05) is 20.8 Å². The second-order valence-corrected chi connectivity index (χ2v) is 5.86. The minimum absolute atomic E-state index is 0.0522. The molecule has 1 amide bonds. The van der Waals surface area contributed by atoms with Crippen molar-refractivity contribution in [2.24, 2.45) is 11.7 Å². The zero-order valence-electron chi connectivity index (χ0n) is 12.6. The Kier molecular flexibility index (Phi) is 6.42. The number of methoxy groups -OCH3 is 2. The predicted octanol–water partition coefficient (Wildman–Crippen LogP) is 0.588. The quantitative estimate of drug-likeness (QED) is 0.697. The third-order valence-electron chi connectivity index (χ3n) is 3.74. The summed E-state index contributed by atoms with van der Waals surface area (Å²) in [6.07, 6.45) is 3.58. The SMILES string of the molecule is COCC(C)(CC(=O)OC)NC(=O)C1CCCC(N)C1. The molecule has 1 fully saturated rings. The highest BCUT2D eigenvalue weighted by Crippen LogP contribution is 2.24. The van der Waals surface area contributed by atoms with Gasteiger partial charge in [0.1, 0.15) is 0 Å². The maximum Gasteiger partial charge on any atom is 0.307 e. The Labute approximate surface area is 120 Å². The van der Waals surface area contributed by atoms with Crippen LogP contribution in [0.3, 0.4) is 0 Å². The van der Waals surface area contributed by atoms with Crippen LogP contribution in [0.4, 0.5) is 0 Å². The number of amides is 1. The van der Waals surface area contributed by atoms with Gasteiger partial charge in [-0.15, -0.1) is 0 Å². The monoisotopic (exact) mass is 286 g/mol. The number of hydrogen-bond donors (Lipinski definition) is 2. The van der Waals surface area contributed by atoms with Crippen molar-refractivity contribution in [2.45, 2.75) is 50.6 Å². The molecule has 0 spiro atoms. The zero-order chi connectivity index (χ0) is 15.2. The second-order valence-electron chi connectivity index (χ2n) is 5.86. The van der Waals surface area contributed by atoms with Gasteiger partial charge in [-0.1, -0.05) is 6.42 Å². The Bertz CT molecular complexity index is 348. The molecule has 0 radical (unpaired) electrons. The van der Waals surface area contributed by atoms with Crippen molar-refractivity contribution < 1.29 is 19.1 Å². The summed E-state index contributed by atoms with van der Waals surface area (Å²) in [4.78, 5) is 23.8. The summed E-state index contributed by atoms with van der Waals surface area (Å²) in [5.74, 6) is -0.499. The highest BCUT2D eigenvalue weighted by molar-refractivity contribution is 5.81. The van der Waals surface area contributed by atoms with E-state index in [9.17, 15) is 9.59 Å². The molecule has 0 heterocycles. The van der Waals surface area contributed by atoms with Crippen molar-refractivity contribution in [3.8, 4) is 0 Å². The summed E-state index contributed by atoms with van der Waals surface area (Å²) in [7, 11) is 2.87. The fraction of sp³-hybridized carbons (Fsp3) is 0.857. The van der Waals surface area contributed by atoms with Crippen LogP contribution in [-0.2, 0) is 19.1 Å². The summed E-state index contributed by atoms with van der Waals surface area (Å²) in [5.41, 5.74) is 5.16. The summed E-state index contributed by atoms with van der Waals surface area (Å²) in [6, 6.07) is 0.0915. The Hall–Kier alpha value is -1.14. The molecule has 0 aromatic heterocycles. The van der Waals surface area contributed by atoms with Crippen molar-refractivity contribution in [3.63, 3.8) is 0 Å². The first-order valence-electron chi connectivity index (χ1n) is 7.03. The van der Waals surface area contributed by atoms with Gasteiger partial charge in [-0.25, -0.2) is 0 Å². The molecule has 3 atom stereocenters. The van der Waals surface area contributed by atoms with Crippen LogP contribution in [0.1, 0.15) is 39.0 Å². The van der Waals surface area contributed by atoms with E-state index in [-0.39, 0.29) is 36.9 Å². The number of carbonyl (C=O) groups is 2. The summed E-state index contributed by atoms with van der Waals surface area (Å²) < 4.78 is 9.79. The molecule has 0 saturated heterocycles. The first-order chi connectivity index (χ1) is 9.40. The lowest BCUT2D eigenvalue weighted by Crippen LogP contribution is -2.53. The standard InChI is InChI=1S/C14H26N2O4/c1-14(9-19-2,8-12(17)20-3)16-13(18)10-5-4-6-11(15)7-10/h10-11H,4-9,15H2,1-3H3,(H,16,18). The Morgan fingerprint density at radius 3 is 2.60 bits per heavy atom. The second kappa shape index (κ2) is 7.59. The fourth-order valence-electron chi connectivity index (χ4n) is 2.71. The third-order valence-corrected chi connectivity index (χ3v) is 3.74. The van der Waals surface area contributed by atoms with Crippen molar-refractivity contribution in [1.29, 1.82) is 0 Å². The van der Waals surface area contributed by atoms with Crippen LogP contribution in [0.5, 0.6) is 0 Å². The number of nitrogens with two attached hydrogens (primary N) is 1. The zero-order valence-corrected chi connectivity index (χ0v) is 12.6. The van der Waals surface area contributed by atoms with Crippen LogP contribution in [-0.4, -0.2) is 44.3 Å². The van der Waals surface area contributed by atoms with Crippen molar-refractivity contribution >= 4 is 11.9 Å². The molecule has 0 aliphatic heterocycles. The van der Waals surface area contributed by atoms with E-state index in [1.54, 1.807) is 6.92 Å². The molecule has 1 rings (SSSR count). The Morgan fingerprint density at radius 2 is 2.05 bits per heavy atom. The lowest BCUT2D eigenvalue weighted by atomic mass is 9.84. The molecule has 1 aliphatic rings. The van der Waals surface area contributed by atoms with Gasteiger partial charge in [-0.05, 0) is 26.2 Å². The molecule has 1 saturated carbocycles. The number of esters is 1. The van der Waals surface area contributed by atoms with Crippen molar-refractivity contribution in [3.05, 3.63) is 0 Å². The topological polar surface area (TPSA) is 90.6 Å². The minimum Gasteiger partial charge on any atom is -0.469 e. The highest BCUT2D eigenvalue weighted by Gasteiger charge is 2.34. The van der Waals surface area contributed by atoms with E-state index in [1.165, 1.54) is 14.2 Å². The molecule has 3 N–H and O–H groups in total. The first-order valence-corrected chi connectivity index (χ1v) is 7.03. The molecule has 0 aromatic carbocycles. The molecule has 6 heteroatoms. The van der Waals surface area contributed by atoms with Gasteiger partial charge in [0.05, 0.1) is 25.7 Å². The van der Waals surface area contributed by atoms with E-state index < -0.39 is 5.54 Å². The minimum atomic E-state index is -0.750. The van der Waals surface area contributed by atoms with E-state index >= 15 is 0 Å². The summed E-state index contributed by atoms with van der Waals surface area (Å²) in [6.45, 7) is 2.04. The molecule has 20 heavy (non-hydrogen) atoms. The Balaban J connectivity index is 2.63. The van der Waals surface area contributed by atoms with Crippen LogP contribution in [0.25, 0.3) is 0 Å².